The molecule has 1 aliphatic heterocycles. The second kappa shape index (κ2) is 10.3. The molecular weight excluding hydrogens is 436 g/mol. The molecule has 0 atom stereocenters. The maximum absolute atomic E-state index is 12.9. The zero-order valence-electron chi connectivity index (χ0n) is 19.9. The van der Waals surface area contributed by atoms with Gasteiger partial charge in [-0.1, -0.05) is 27.7 Å². The molecule has 0 aromatic heterocycles. The van der Waals surface area contributed by atoms with Crippen molar-refractivity contribution in [1.82, 2.24) is 4.90 Å². The number of carbonyl (C=O) groups excluding carboxylic acids is 2. The molecule has 7 heteroatoms. The molecule has 1 amide bonds. The number of aromatic hydroxyl groups is 1. The summed E-state index contributed by atoms with van der Waals surface area (Å²) in [5, 5.41) is 11.2. The number of amides is 1. The third-order valence-corrected chi connectivity index (χ3v) is 6.40. The van der Waals surface area contributed by atoms with Gasteiger partial charge in [0.25, 0.3) is 5.91 Å². The monoisotopic (exact) mass is 466 g/mol. The predicted molar refractivity (Wildman–Crippen MR) is 134 cm³/mol. The van der Waals surface area contributed by atoms with E-state index in [1.807, 2.05) is 45.9 Å². The van der Waals surface area contributed by atoms with Crippen LogP contribution in [0.1, 0.15) is 73.5 Å². The van der Waals surface area contributed by atoms with E-state index >= 15 is 0 Å². The van der Waals surface area contributed by atoms with E-state index < -0.39 is 0 Å². The van der Waals surface area contributed by atoms with Gasteiger partial charge in [0, 0.05) is 7.05 Å². The van der Waals surface area contributed by atoms with Gasteiger partial charge in [-0.15, -0.1) is 0 Å². The molecule has 0 spiro atoms. The fourth-order valence-corrected chi connectivity index (χ4v) is 4.45. The fourth-order valence-electron chi connectivity index (χ4n) is 3.47. The summed E-state index contributed by atoms with van der Waals surface area (Å²) >= 11 is 1.30. The standard InChI is InChI=1S/C26H30N2O4S/c1-7-32-25(31)18-8-10-19(11-9-18)27-26-28(6)24(30)22(33-26)14-17-12-20(15(2)3)23(29)21(13-17)16(4)5/h8-16,29H,7H2,1-6H3/b22-14-,27-26?. The van der Waals surface area contributed by atoms with Crippen LogP contribution >= 0.6 is 11.8 Å². The lowest BCUT2D eigenvalue weighted by atomic mass is 9.91. The highest BCUT2D eigenvalue weighted by Crippen LogP contribution is 2.38. The molecule has 1 heterocycles. The normalized spacial score (nSPS) is 16.5. The van der Waals surface area contributed by atoms with E-state index in [-0.39, 0.29) is 23.7 Å². The smallest absolute Gasteiger partial charge is 0.338 e. The molecular formula is C26H30N2O4S. The molecule has 2 aromatic carbocycles. The number of ether oxygens (including phenoxy) is 1. The number of likely N-dealkylation sites (N-methyl/N-ethyl adjacent to an activating group) is 1. The van der Waals surface area contributed by atoms with Crippen molar-refractivity contribution in [3.05, 3.63) is 63.6 Å². The Balaban J connectivity index is 1.90. The van der Waals surface area contributed by atoms with Crippen molar-refractivity contribution >= 4 is 40.6 Å². The Bertz CT molecular complexity index is 1090. The van der Waals surface area contributed by atoms with Gasteiger partial charge in [0.05, 0.1) is 22.8 Å². The van der Waals surface area contributed by atoms with Crippen LogP contribution in [0.5, 0.6) is 5.75 Å². The largest absolute Gasteiger partial charge is 0.507 e. The minimum absolute atomic E-state index is 0.132. The minimum Gasteiger partial charge on any atom is -0.507 e. The van der Waals surface area contributed by atoms with E-state index in [1.165, 1.54) is 16.7 Å². The molecule has 1 N–H and O–H groups in total. The fraction of sp³-hybridized carbons (Fsp3) is 0.346. The first-order chi connectivity index (χ1) is 15.6. The quantitative estimate of drug-likeness (QED) is 0.414. The number of hydrogen-bond acceptors (Lipinski definition) is 6. The van der Waals surface area contributed by atoms with Gasteiger partial charge < -0.3 is 9.84 Å². The molecule has 0 bridgehead atoms. The van der Waals surface area contributed by atoms with Gasteiger partial charge in [-0.05, 0) is 89.7 Å². The second-order valence-corrected chi connectivity index (χ2v) is 9.50. The van der Waals surface area contributed by atoms with Crippen molar-refractivity contribution in [3.63, 3.8) is 0 Å². The van der Waals surface area contributed by atoms with E-state index in [1.54, 1.807) is 38.2 Å². The molecule has 0 saturated carbocycles. The van der Waals surface area contributed by atoms with Crippen LogP contribution in [0.15, 0.2) is 46.3 Å². The van der Waals surface area contributed by atoms with Crippen LogP contribution in [0.3, 0.4) is 0 Å². The maximum atomic E-state index is 12.9. The summed E-state index contributed by atoms with van der Waals surface area (Å²) < 4.78 is 5.00. The molecule has 174 valence electrons. The summed E-state index contributed by atoms with van der Waals surface area (Å²) in [5.41, 5.74) is 3.71. The highest BCUT2D eigenvalue weighted by molar-refractivity contribution is 8.18. The van der Waals surface area contributed by atoms with Crippen molar-refractivity contribution in [2.24, 2.45) is 4.99 Å². The van der Waals surface area contributed by atoms with Crippen molar-refractivity contribution in [1.29, 1.82) is 0 Å². The molecule has 3 rings (SSSR count). The van der Waals surface area contributed by atoms with Gasteiger partial charge >= 0.3 is 5.97 Å². The van der Waals surface area contributed by atoms with Crippen molar-refractivity contribution in [3.8, 4) is 5.75 Å². The maximum Gasteiger partial charge on any atom is 0.338 e. The first kappa shape index (κ1) is 24.6. The van der Waals surface area contributed by atoms with Crippen LogP contribution in [0.4, 0.5) is 5.69 Å². The van der Waals surface area contributed by atoms with Crippen LogP contribution in [0, 0.1) is 0 Å². The van der Waals surface area contributed by atoms with Gasteiger partial charge in [-0.2, -0.15) is 0 Å². The zero-order valence-corrected chi connectivity index (χ0v) is 20.7. The van der Waals surface area contributed by atoms with Crippen molar-refractivity contribution in [2.45, 2.75) is 46.5 Å². The molecule has 6 nitrogen and oxygen atoms in total. The van der Waals surface area contributed by atoms with Crippen LogP contribution < -0.4 is 0 Å². The molecule has 2 aromatic rings. The SMILES string of the molecule is CCOC(=O)c1ccc(N=C2S/C(=C\c3cc(C(C)C)c(O)c(C(C)C)c3)C(=O)N2C)cc1. The van der Waals surface area contributed by atoms with E-state index in [9.17, 15) is 14.7 Å². The molecule has 1 fully saturated rings. The van der Waals surface area contributed by atoms with Crippen molar-refractivity contribution in [2.75, 3.05) is 13.7 Å². The van der Waals surface area contributed by atoms with E-state index in [0.29, 0.717) is 33.7 Å². The third-order valence-electron chi connectivity index (χ3n) is 5.34. The Kier molecular flexibility index (Phi) is 7.64. The molecule has 1 aliphatic rings. The third kappa shape index (κ3) is 5.47. The first-order valence-corrected chi connectivity index (χ1v) is 11.8. The van der Waals surface area contributed by atoms with Gasteiger partial charge in [-0.3, -0.25) is 9.69 Å². The lowest BCUT2D eigenvalue weighted by Crippen LogP contribution is -2.23. The van der Waals surface area contributed by atoms with E-state index in [4.69, 9.17) is 4.74 Å². The minimum atomic E-state index is -0.375. The molecule has 1 saturated heterocycles. The number of aliphatic imine (C=N–C) groups is 1. The summed E-state index contributed by atoms with van der Waals surface area (Å²) in [5.74, 6) is 0.139. The Morgan fingerprint density at radius 1 is 1.12 bits per heavy atom. The van der Waals surface area contributed by atoms with Gasteiger partial charge in [0.15, 0.2) is 5.17 Å². The molecule has 0 unspecified atom stereocenters. The van der Waals surface area contributed by atoms with Crippen LogP contribution in [0.25, 0.3) is 6.08 Å². The number of hydrogen-bond donors (Lipinski definition) is 1. The van der Waals surface area contributed by atoms with Crippen LogP contribution in [0.2, 0.25) is 0 Å². The lowest BCUT2D eigenvalue weighted by molar-refractivity contribution is -0.121. The zero-order chi connectivity index (χ0) is 24.3. The summed E-state index contributed by atoms with van der Waals surface area (Å²) in [6.45, 7) is 10.2. The van der Waals surface area contributed by atoms with Crippen LogP contribution in [-0.4, -0.2) is 40.7 Å². The van der Waals surface area contributed by atoms with E-state index in [2.05, 4.69) is 4.99 Å². The highest BCUT2D eigenvalue weighted by Gasteiger charge is 2.30. The van der Waals surface area contributed by atoms with Crippen LogP contribution in [-0.2, 0) is 9.53 Å². The second-order valence-electron chi connectivity index (χ2n) is 8.49. The van der Waals surface area contributed by atoms with Gasteiger partial charge in [0.2, 0.25) is 0 Å². The Labute approximate surface area is 199 Å². The summed E-state index contributed by atoms with van der Waals surface area (Å²) in [4.78, 5) is 31.4. The Morgan fingerprint density at radius 3 is 2.21 bits per heavy atom. The number of rotatable bonds is 6. The number of nitrogens with zero attached hydrogens (tertiary/aromatic N) is 2. The first-order valence-electron chi connectivity index (χ1n) is 11.0. The molecule has 0 aliphatic carbocycles. The average molecular weight is 467 g/mol. The summed E-state index contributed by atoms with van der Waals surface area (Å²) in [7, 11) is 1.69. The lowest BCUT2D eigenvalue weighted by Gasteiger charge is -2.16. The summed E-state index contributed by atoms with van der Waals surface area (Å²) in [6.07, 6.45) is 1.85. The predicted octanol–water partition coefficient (Wildman–Crippen LogP) is 6.05. The average Bonchev–Trinajstić information content (AvgIpc) is 3.02. The molecule has 0 radical (unpaired) electrons. The van der Waals surface area contributed by atoms with Crippen molar-refractivity contribution < 1.29 is 19.4 Å². The number of amidine groups is 1. The van der Waals surface area contributed by atoms with Gasteiger partial charge in [0.1, 0.15) is 5.75 Å². The topological polar surface area (TPSA) is 79.2 Å². The number of phenolic OH excluding ortho intramolecular Hbond substituents is 1. The van der Waals surface area contributed by atoms with Gasteiger partial charge in [-0.25, -0.2) is 9.79 Å². The number of carbonyl (C=O) groups is 2. The van der Waals surface area contributed by atoms with E-state index in [0.717, 1.165) is 16.7 Å². The number of phenols is 1. The summed E-state index contributed by atoms with van der Waals surface area (Å²) in [6, 6.07) is 10.7. The Hall–Kier alpha value is -3.06. The highest BCUT2D eigenvalue weighted by atomic mass is 32.2. The number of thioether (sulfide) groups is 1. The number of benzene rings is 2. The number of esters is 1. The Morgan fingerprint density at radius 2 is 1.70 bits per heavy atom. The molecule has 33 heavy (non-hydrogen) atoms.